The monoisotopic (exact) mass is 275 g/mol. The Morgan fingerprint density at radius 1 is 1.20 bits per heavy atom. The summed E-state index contributed by atoms with van der Waals surface area (Å²) in [6, 6.07) is 5.22. The Balaban J connectivity index is 2.25. The zero-order valence-electron chi connectivity index (χ0n) is 12.3. The van der Waals surface area contributed by atoms with Gasteiger partial charge in [-0.3, -0.25) is 4.79 Å². The normalized spacial score (nSPS) is 18.8. The molecule has 2 rings (SSSR count). The molecule has 1 amide bonds. The van der Waals surface area contributed by atoms with Gasteiger partial charge in [-0.1, -0.05) is 6.07 Å². The largest absolute Gasteiger partial charge is 0.467 e. The van der Waals surface area contributed by atoms with Crippen molar-refractivity contribution in [1.29, 1.82) is 0 Å². The molecule has 4 heteroatoms. The van der Waals surface area contributed by atoms with Gasteiger partial charge in [-0.2, -0.15) is 0 Å². The van der Waals surface area contributed by atoms with Crippen LogP contribution >= 0.6 is 0 Å². The van der Waals surface area contributed by atoms with E-state index in [0.717, 1.165) is 24.0 Å². The van der Waals surface area contributed by atoms with Crippen molar-refractivity contribution in [2.45, 2.75) is 39.2 Å². The molecule has 1 atom stereocenters. The maximum atomic E-state index is 12.6. The Morgan fingerprint density at radius 2 is 1.95 bits per heavy atom. The van der Waals surface area contributed by atoms with Crippen molar-refractivity contribution in [1.82, 2.24) is 4.90 Å². The number of ether oxygens (including phenoxy) is 1. The summed E-state index contributed by atoms with van der Waals surface area (Å²) in [5.74, 6) is -0.398. The number of amides is 1. The number of hydrogen-bond acceptors (Lipinski definition) is 3. The highest BCUT2D eigenvalue weighted by Gasteiger charge is 2.33. The van der Waals surface area contributed by atoms with Crippen molar-refractivity contribution in [2.24, 2.45) is 0 Å². The van der Waals surface area contributed by atoms with Crippen LogP contribution in [0.4, 0.5) is 0 Å². The maximum absolute atomic E-state index is 12.6. The highest BCUT2D eigenvalue weighted by molar-refractivity contribution is 5.97. The number of esters is 1. The van der Waals surface area contributed by atoms with Crippen LogP contribution < -0.4 is 0 Å². The van der Waals surface area contributed by atoms with Gasteiger partial charge in [0.05, 0.1) is 7.11 Å². The molecule has 0 saturated carbocycles. The van der Waals surface area contributed by atoms with Gasteiger partial charge < -0.3 is 9.64 Å². The molecule has 0 spiro atoms. The number of piperidine rings is 1. The predicted octanol–water partition coefficient (Wildman–Crippen LogP) is 2.47. The van der Waals surface area contributed by atoms with Crippen LogP contribution in [0, 0.1) is 13.8 Å². The van der Waals surface area contributed by atoms with Crippen molar-refractivity contribution in [3.05, 3.63) is 34.9 Å². The molecule has 1 aromatic rings. The van der Waals surface area contributed by atoms with Crippen molar-refractivity contribution >= 4 is 11.9 Å². The van der Waals surface area contributed by atoms with Crippen molar-refractivity contribution in [2.75, 3.05) is 13.7 Å². The molecule has 1 saturated heterocycles. The third-order valence-corrected chi connectivity index (χ3v) is 3.99. The number of rotatable bonds is 2. The van der Waals surface area contributed by atoms with Crippen LogP contribution in [-0.2, 0) is 9.53 Å². The van der Waals surface area contributed by atoms with Crippen LogP contribution in [0.25, 0.3) is 0 Å². The van der Waals surface area contributed by atoms with Crippen LogP contribution in [0.2, 0.25) is 0 Å². The minimum atomic E-state index is -0.442. The number of carbonyl (C=O) groups is 2. The highest BCUT2D eigenvalue weighted by atomic mass is 16.5. The first kappa shape index (κ1) is 14.6. The molecule has 1 unspecified atom stereocenters. The molecule has 108 valence electrons. The summed E-state index contributed by atoms with van der Waals surface area (Å²) in [5.41, 5.74) is 2.89. The number of hydrogen-bond donors (Lipinski definition) is 0. The van der Waals surface area contributed by atoms with Gasteiger partial charge >= 0.3 is 5.97 Å². The quantitative estimate of drug-likeness (QED) is 0.779. The SMILES string of the molecule is COC(=O)C1CCCCN1C(=O)c1ccc(C)c(C)c1. The van der Waals surface area contributed by atoms with Crippen molar-refractivity contribution in [3.63, 3.8) is 0 Å². The van der Waals surface area contributed by atoms with Gasteiger partial charge in [0.15, 0.2) is 0 Å². The summed E-state index contributed by atoms with van der Waals surface area (Å²) in [7, 11) is 1.37. The number of likely N-dealkylation sites (tertiary alicyclic amines) is 1. The lowest BCUT2D eigenvalue weighted by Crippen LogP contribution is -2.48. The van der Waals surface area contributed by atoms with E-state index in [9.17, 15) is 9.59 Å². The van der Waals surface area contributed by atoms with Crippen molar-refractivity contribution in [3.8, 4) is 0 Å². The van der Waals surface area contributed by atoms with Gasteiger partial charge in [-0.05, 0) is 56.4 Å². The summed E-state index contributed by atoms with van der Waals surface area (Å²) in [6.07, 6.45) is 2.57. The van der Waals surface area contributed by atoms with Gasteiger partial charge in [-0.15, -0.1) is 0 Å². The lowest BCUT2D eigenvalue weighted by molar-refractivity contribution is -0.147. The average molecular weight is 275 g/mol. The first-order valence-corrected chi connectivity index (χ1v) is 7.00. The van der Waals surface area contributed by atoms with E-state index in [1.165, 1.54) is 7.11 Å². The Hall–Kier alpha value is -1.84. The van der Waals surface area contributed by atoms with Crippen LogP contribution in [0.3, 0.4) is 0 Å². The Morgan fingerprint density at radius 3 is 2.60 bits per heavy atom. The number of carbonyl (C=O) groups excluding carboxylic acids is 2. The van der Waals surface area contributed by atoms with E-state index in [2.05, 4.69) is 0 Å². The fourth-order valence-corrected chi connectivity index (χ4v) is 2.60. The van der Waals surface area contributed by atoms with E-state index < -0.39 is 6.04 Å². The van der Waals surface area contributed by atoms with E-state index >= 15 is 0 Å². The molecule has 1 heterocycles. The third-order valence-electron chi connectivity index (χ3n) is 3.99. The fourth-order valence-electron chi connectivity index (χ4n) is 2.60. The molecular formula is C16H21NO3. The molecule has 4 nitrogen and oxygen atoms in total. The summed E-state index contributed by atoms with van der Waals surface area (Å²) in [6.45, 7) is 4.62. The van der Waals surface area contributed by atoms with E-state index in [1.54, 1.807) is 4.90 Å². The topological polar surface area (TPSA) is 46.6 Å². The van der Waals surface area contributed by atoms with Crippen molar-refractivity contribution < 1.29 is 14.3 Å². The van der Waals surface area contributed by atoms with Gasteiger partial charge in [-0.25, -0.2) is 4.79 Å². The summed E-state index contributed by atoms with van der Waals surface area (Å²) in [5, 5.41) is 0. The number of benzene rings is 1. The van der Waals surface area contributed by atoms with Gasteiger partial charge in [0.1, 0.15) is 6.04 Å². The molecule has 0 aromatic heterocycles. The Kier molecular flexibility index (Phi) is 4.42. The molecule has 20 heavy (non-hydrogen) atoms. The van der Waals surface area contributed by atoms with Gasteiger partial charge in [0, 0.05) is 12.1 Å². The van der Waals surface area contributed by atoms with E-state index in [0.29, 0.717) is 18.5 Å². The molecule has 0 N–H and O–H groups in total. The van der Waals surface area contributed by atoms with Crippen LogP contribution in [-0.4, -0.2) is 36.5 Å². The lowest BCUT2D eigenvalue weighted by Gasteiger charge is -2.33. The van der Waals surface area contributed by atoms with Gasteiger partial charge in [0.25, 0.3) is 5.91 Å². The molecule has 1 aliphatic rings. The van der Waals surface area contributed by atoms with Gasteiger partial charge in [0.2, 0.25) is 0 Å². The summed E-state index contributed by atoms with van der Waals surface area (Å²) in [4.78, 5) is 26.1. The molecule has 0 radical (unpaired) electrons. The second-order valence-corrected chi connectivity index (χ2v) is 5.33. The standard InChI is InChI=1S/C16H21NO3/c1-11-7-8-13(10-12(11)2)15(18)17-9-5-4-6-14(17)16(19)20-3/h7-8,10,14H,4-6,9H2,1-3H3. The maximum Gasteiger partial charge on any atom is 0.328 e. The van der Waals surface area contributed by atoms with E-state index in [-0.39, 0.29) is 11.9 Å². The lowest BCUT2D eigenvalue weighted by atomic mass is 9.99. The number of methoxy groups -OCH3 is 1. The minimum Gasteiger partial charge on any atom is -0.467 e. The smallest absolute Gasteiger partial charge is 0.328 e. The minimum absolute atomic E-state index is 0.0804. The summed E-state index contributed by atoms with van der Waals surface area (Å²) >= 11 is 0. The first-order chi connectivity index (χ1) is 9.54. The molecule has 0 aliphatic carbocycles. The fraction of sp³-hybridized carbons (Fsp3) is 0.500. The zero-order chi connectivity index (χ0) is 14.7. The van der Waals surface area contributed by atoms with Crippen LogP contribution in [0.15, 0.2) is 18.2 Å². The average Bonchev–Trinajstić information content (AvgIpc) is 2.48. The molecule has 1 aromatic carbocycles. The first-order valence-electron chi connectivity index (χ1n) is 7.00. The third kappa shape index (κ3) is 2.84. The molecule has 1 fully saturated rings. The second-order valence-electron chi connectivity index (χ2n) is 5.33. The molecule has 1 aliphatic heterocycles. The summed E-state index contributed by atoms with van der Waals surface area (Å²) < 4.78 is 4.82. The second kappa shape index (κ2) is 6.07. The van der Waals surface area contributed by atoms with E-state index in [4.69, 9.17) is 4.74 Å². The Bertz CT molecular complexity index is 524. The molecule has 0 bridgehead atoms. The number of nitrogens with zero attached hydrogens (tertiary/aromatic N) is 1. The zero-order valence-corrected chi connectivity index (χ0v) is 12.3. The van der Waals surface area contributed by atoms with Crippen LogP contribution in [0.1, 0.15) is 40.7 Å². The van der Waals surface area contributed by atoms with Crippen LogP contribution in [0.5, 0.6) is 0 Å². The Labute approximate surface area is 119 Å². The van der Waals surface area contributed by atoms with E-state index in [1.807, 2.05) is 32.0 Å². The molecular weight excluding hydrogens is 254 g/mol. The number of aryl methyl sites for hydroxylation is 2. The highest BCUT2D eigenvalue weighted by Crippen LogP contribution is 2.21. The predicted molar refractivity (Wildman–Crippen MR) is 76.6 cm³/mol.